The first-order valence-corrected chi connectivity index (χ1v) is 9.67. The third-order valence-electron chi connectivity index (χ3n) is 4.93. The predicted octanol–water partition coefficient (Wildman–Crippen LogP) is 1.60. The number of carbonyl (C=O) groups is 3. The highest BCUT2D eigenvalue weighted by Crippen LogP contribution is 2.32. The molecule has 2 aromatic rings. The lowest BCUT2D eigenvalue weighted by atomic mass is 10.1. The van der Waals surface area contributed by atoms with Gasteiger partial charge in [-0.05, 0) is 36.4 Å². The number of carbonyl (C=O) groups excluding carboxylic acids is 3. The van der Waals surface area contributed by atoms with E-state index in [1.54, 1.807) is 55.5 Å². The number of anilines is 1. The van der Waals surface area contributed by atoms with Gasteiger partial charge in [0.05, 0.1) is 25.8 Å². The van der Waals surface area contributed by atoms with Crippen LogP contribution in [0.5, 0.6) is 11.5 Å². The third kappa shape index (κ3) is 4.89. The number of nitrogens with one attached hydrogen (secondary N) is 2. The Morgan fingerprint density at radius 1 is 1.00 bits per heavy atom. The number of rotatable bonds is 8. The number of hydrogen-bond acceptors (Lipinski definition) is 5. The Bertz CT molecular complexity index is 913. The topological polar surface area (TPSA) is 97.0 Å². The minimum Gasteiger partial charge on any atom is -0.497 e. The van der Waals surface area contributed by atoms with Crippen molar-refractivity contribution in [3.8, 4) is 11.5 Å². The fraction of sp³-hybridized carbons (Fsp3) is 0.318. The molecule has 0 radical (unpaired) electrons. The van der Waals surface area contributed by atoms with E-state index in [1.807, 2.05) is 12.1 Å². The van der Waals surface area contributed by atoms with Gasteiger partial charge in [0.2, 0.25) is 11.8 Å². The van der Waals surface area contributed by atoms with E-state index in [0.717, 1.165) is 0 Å². The van der Waals surface area contributed by atoms with E-state index in [1.165, 1.54) is 0 Å². The van der Waals surface area contributed by atoms with Gasteiger partial charge in [0.15, 0.2) is 0 Å². The first kappa shape index (κ1) is 21.2. The number of benzene rings is 2. The molecular weight excluding hydrogens is 386 g/mol. The Morgan fingerprint density at radius 3 is 2.40 bits per heavy atom. The molecule has 0 bridgehead atoms. The Labute approximate surface area is 175 Å². The average molecular weight is 411 g/mol. The van der Waals surface area contributed by atoms with E-state index in [2.05, 4.69) is 10.6 Å². The maximum atomic E-state index is 12.5. The van der Waals surface area contributed by atoms with Crippen LogP contribution in [-0.2, 0) is 9.59 Å². The summed E-state index contributed by atoms with van der Waals surface area (Å²) in [4.78, 5) is 38.6. The molecule has 2 N–H and O–H groups in total. The van der Waals surface area contributed by atoms with Gasteiger partial charge in [-0.15, -0.1) is 0 Å². The summed E-state index contributed by atoms with van der Waals surface area (Å²) in [6.07, 6.45) is 0.141. The quantitative estimate of drug-likeness (QED) is 0.643. The maximum Gasteiger partial charge on any atom is 0.251 e. The molecule has 0 saturated carbocycles. The van der Waals surface area contributed by atoms with Crippen LogP contribution in [0.1, 0.15) is 16.8 Å². The molecule has 1 aliphatic heterocycles. The molecule has 1 heterocycles. The van der Waals surface area contributed by atoms with Crippen molar-refractivity contribution in [3.63, 3.8) is 0 Å². The van der Waals surface area contributed by atoms with Gasteiger partial charge in [0, 0.05) is 31.6 Å². The third-order valence-corrected chi connectivity index (χ3v) is 4.93. The number of methoxy groups -OCH3 is 2. The SMILES string of the molecule is COc1ccc(C(=O)NCCNC(=O)C2CC(=O)N(c3ccccc3OC)C2)cc1. The summed E-state index contributed by atoms with van der Waals surface area (Å²) in [7, 11) is 3.11. The summed E-state index contributed by atoms with van der Waals surface area (Å²) >= 11 is 0. The molecule has 0 aliphatic carbocycles. The second-order valence-electron chi connectivity index (χ2n) is 6.85. The van der Waals surface area contributed by atoms with Crippen molar-refractivity contribution < 1.29 is 23.9 Å². The van der Waals surface area contributed by atoms with Gasteiger partial charge in [-0.2, -0.15) is 0 Å². The van der Waals surface area contributed by atoms with E-state index in [-0.39, 0.29) is 37.2 Å². The summed E-state index contributed by atoms with van der Waals surface area (Å²) in [5.74, 6) is 0.261. The Hall–Kier alpha value is -3.55. The minimum atomic E-state index is -0.445. The molecule has 3 rings (SSSR count). The van der Waals surface area contributed by atoms with Gasteiger partial charge in [0.1, 0.15) is 11.5 Å². The standard InChI is InChI=1S/C22H25N3O5/c1-29-17-9-7-15(8-10-17)21(27)23-11-12-24-22(28)16-13-20(26)25(14-16)18-5-3-4-6-19(18)30-2/h3-10,16H,11-14H2,1-2H3,(H,23,27)(H,24,28). The van der Waals surface area contributed by atoms with E-state index >= 15 is 0 Å². The Morgan fingerprint density at radius 2 is 1.70 bits per heavy atom. The highest BCUT2D eigenvalue weighted by atomic mass is 16.5. The predicted molar refractivity (Wildman–Crippen MR) is 112 cm³/mol. The van der Waals surface area contributed by atoms with E-state index < -0.39 is 5.92 Å². The lowest BCUT2D eigenvalue weighted by molar-refractivity contribution is -0.126. The molecule has 1 atom stereocenters. The highest BCUT2D eigenvalue weighted by molar-refractivity contribution is 6.01. The number of ether oxygens (including phenoxy) is 2. The van der Waals surface area contributed by atoms with E-state index in [9.17, 15) is 14.4 Å². The normalized spacial score (nSPS) is 15.6. The summed E-state index contributed by atoms with van der Waals surface area (Å²) in [5.41, 5.74) is 1.17. The van der Waals surface area contributed by atoms with Crippen molar-refractivity contribution in [2.24, 2.45) is 5.92 Å². The summed E-state index contributed by atoms with van der Waals surface area (Å²) in [5, 5.41) is 5.54. The van der Waals surface area contributed by atoms with Gasteiger partial charge < -0.3 is 25.0 Å². The summed E-state index contributed by atoms with van der Waals surface area (Å²) < 4.78 is 10.4. The monoisotopic (exact) mass is 411 g/mol. The maximum absolute atomic E-state index is 12.5. The van der Waals surface area contributed by atoms with Crippen molar-refractivity contribution in [3.05, 3.63) is 54.1 Å². The molecule has 1 saturated heterocycles. The van der Waals surface area contributed by atoms with E-state index in [4.69, 9.17) is 9.47 Å². The second-order valence-corrected chi connectivity index (χ2v) is 6.85. The minimum absolute atomic E-state index is 0.118. The molecule has 3 amide bonds. The first-order valence-electron chi connectivity index (χ1n) is 9.67. The molecule has 2 aromatic carbocycles. The molecule has 30 heavy (non-hydrogen) atoms. The van der Waals surface area contributed by atoms with Crippen LogP contribution >= 0.6 is 0 Å². The molecule has 8 heteroatoms. The van der Waals surface area contributed by atoms with Crippen molar-refractivity contribution in [2.45, 2.75) is 6.42 Å². The zero-order valence-corrected chi connectivity index (χ0v) is 17.0. The summed E-state index contributed by atoms with van der Waals surface area (Å²) in [6, 6.07) is 14.0. The highest BCUT2D eigenvalue weighted by Gasteiger charge is 2.36. The van der Waals surface area contributed by atoms with Gasteiger partial charge in [0.25, 0.3) is 5.91 Å². The van der Waals surface area contributed by atoms with E-state index in [0.29, 0.717) is 29.3 Å². The van der Waals surface area contributed by atoms with Crippen LogP contribution in [0, 0.1) is 5.92 Å². The second kappa shape index (κ2) is 9.78. The average Bonchev–Trinajstić information content (AvgIpc) is 3.17. The van der Waals surface area contributed by atoms with Gasteiger partial charge in [-0.25, -0.2) is 0 Å². The van der Waals surface area contributed by atoms with Crippen LogP contribution in [0.4, 0.5) is 5.69 Å². The Balaban J connectivity index is 1.46. The van der Waals surface area contributed by atoms with Crippen molar-refractivity contribution in [1.82, 2.24) is 10.6 Å². The van der Waals surface area contributed by atoms with Crippen molar-refractivity contribution >= 4 is 23.4 Å². The number of amides is 3. The van der Waals surface area contributed by atoms with Crippen molar-refractivity contribution in [2.75, 3.05) is 38.8 Å². The molecule has 158 valence electrons. The molecule has 0 spiro atoms. The number of nitrogens with zero attached hydrogens (tertiary/aromatic N) is 1. The lowest BCUT2D eigenvalue weighted by Gasteiger charge is -2.19. The fourth-order valence-corrected chi connectivity index (χ4v) is 3.32. The van der Waals surface area contributed by atoms with Gasteiger partial charge >= 0.3 is 0 Å². The molecular formula is C22H25N3O5. The molecule has 1 unspecified atom stereocenters. The first-order chi connectivity index (χ1) is 14.5. The molecule has 0 aromatic heterocycles. The summed E-state index contributed by atoms with van der Waals surface area (Å²) in [6.45, 7) is 0.858. The number of para-hydroxylation sites is 2. The zero-order valence-electron chi connectivity index (χ0n) is 17.0. The lowest BCUT2D eigenvalue weighted by Crippen LogP contribution is -2.38. The van der Waals surface area contributed by atoms with Gasteiger partial charge in [-0.3, -0.25) is 14.4 Å². The van der Waals surface area contributed by atoms with Crippen molar-refractivity contribution in [1.29, 1.82) is 0 Å². The Kier molecular flexibility index (Phi) is 6.90. The zero-order chi connectivity index (χ0) is 21.5. The molecule has 8 nitrogen and oxygen atoms in total. The molecule has 1 aliphatic rings. The van der Waals surface area contributed by atoms with Crippen LogP contribution < -0.4 is 25.0 Å². The van der Waals surface area contributed by atoms with Crippen LogP contribution in [-0.4, -0.2) is 51.6 Å². The molecule has 1 fully saturated rings. The largest absolute Gasteiger partial charge is 0.497 e. The van der Waals surface area contributed by atoms with Gasteiger partial charge in [-0.1, -0.05) is 12.1 Å². The van der Waals surface area contributed by atoms with Crippen LogP contribution in [0.3, 0.4) is 0 Å². The fourth-order valence-electron chi connectivity index (χ4n) is 3.32. The van der Waals surface area contributed by atoms with Crippen LogP contribution in [0.15, 0.2) is 48.5 Å². The number of hydrogen-bond donors (Lipinski definition) is 2. The van der Waals surface area contributed by atoms with Crippen LogP contribution in [0.2, 0.25) is 0 Å². The van der Waals surface area contributed by atoms with Crippen LogP contribution in [0.25, 0.3) is 0 Å². The smallest absolute Gasteiger partial charge is 0.251 e.